The molecule has 134 valence electrons. The van der Waals surface area contributed by atoms with Crippen molar-refractivity contribution in [2.24, 2.45) is 5.73 Å². The van der Waals surface area contributed by atoms with Crippen molar-refractivity contribution in [2.45, 2.75) is 56.8 Å². The molecule has 4 nitrogen and oxygen atoms in total. The third kappa shape index (κ3) is 5.12. The largest absolute Gasteiger partial charge is 0.484 e. The fourth-order valence-corrected chi connectivity index (χ4v) is 2.85. The fourth-order valence-electron chi connectivity index (χ4n) is 2.85. The van der Waals surface area contributed by atoms with Gasteiger partial charge in [-0.25, -0.2) is 0 Å². The molecule has 1 aliphatic rings. The molecule has 0 aliphatic heterocycles. The molecule has 0 saturated heterocycles. The summed E-state index contributed by atoms with van der Waals surface area (Å²) in [6.07, 6.45) is -0.0187. The highest BCUT2D eigenvalue weighted by Gasteiger charge is 2.35. The van der Waals surface area contributed by atoms with Gasteiger partial charge in [-0.1, -0.05) is 31.4 Å². The lowest BCUT2D eigenvalue weighted by atomic mass is 9.81. The summed E-state index contributed by atoms with van der Waals surface area (Å²) in [4.78, 5) is 12.4. The van der Waals surface area contributed by atoms with E-state index in [1.807, 2.05) is 6.92 Å². The molecule has 1 fully saturated rings. The van der Waals surface area contributed by atoms with Crippen molar-refractivity contribution in [2.75, 3.05) is 6.61 Å². The Morgan fingerprint density at radius 3 is 2.38 bits per heavy atom. The van der Waals surface area contributed by atoms with Crippen LogP contribution >= 0.6 is 0 Å². The van der Waals surface area contributed by atoms with Gasteiger partial charge in [-0.3, -0.25) is 4.79 Å². The third-order valence-corrected chi connectivity index (χ3v) is 4.33. The van der Waals surface area contributed by atoms with Crippen molar-refractivity contribution in [3.05, 3.63) is 29.8 Å². The van der Waals surface area contributed by atoms with E-state index >= 15 is 0 Å². The van der Waals surface area contributed by atoms with Crippen molar-refractivity contribution >= 4 is 5.91 Å². The summed E-state index contributed by atoms with van der Waals surface area (Å²) in [5, 5.41) is 2.90. The Morgan fingerprint density at radius 2 is 1.83 bits per heavy atom. The second kappa shape index (κ2) is 7.42. The molecule has 1 amide bonds. The first-order valence-corrected chi connectivity index (χ1v) is 8.09. The maximum absolute atomic E-state index is 12.4. The van der Waals surface area contributed by atoms with E-state index in [-0.39, 0.29) is 17.7 Å². The Morgan fingerprint density at radius 1 is 1.25 bits per heavy atom. The number of halogens is 3. The van der Waals surface area contributed by atoms with E-state index in [0.717, 1.165) is 24.8 Å². The first-order valence-electron chi connectivity index (χ1n) is 8.09. The van der Waals surface area contributed by atoms with Crippen LogP contribution in [0.15, 0.2) is 24.3 Å². The van der Waals surface area contributed by atoms with Crippen LogP contribution in [0.5, 0.6) is 5.75 Å². The SMILES string of the molecule is CC(NC(=O)C1(N)CCCCC1)c1ccc(OCC(F)(F)F)cc1. The predicted molar refractivity (Wildman–Crippen MR) is 84.6 cm³/mol. The quantitative estimate of drug-likeness (QED) is 0.860. The highest BCUT2D eigenvalue weighted by Crippen LogP contribution is 2.27. The van der Waals surface area contributed by atoms with Gasteiger partial charge in [0.1, 0.15) is 5.75 Å². The summed E-state index contributed by atoms with van der Waals surface area (Å²) < 4.78 is 41.0. The van der Waals surface area contributed by atoms with E-state index < -0.39 is 18.3 Å². The molecule has 1 aliphatic carbocycles. The van der Waals surface area contributed by atoms with Crippen molar-refractivity contribution < 1.29 is 22.7 Å². The lowest BCUT2D eigenvalue weighted by Gasteiger charge is -2.33. The maximum atomic E-state index is 12.4. The van der Waals surface area contributed by atoms with Gasteiger partial charge in [0, 0.05) is 0 Å². The molecule has 1 aromatic carbocycles. The molecule has 2 rings (SSSR count). The van der Waals surface area contributed by atoms with E-state index in [1.54, 1.807) is 12.1 Å². The Labute approximate surface area is 139 Å². The first-order chi connectivity index (χ1) is 11.2. The predicted octanol–water partition coefficient (Wildman–Crippen LogP) is 3.47. The second-order valence-corrected chi connectivity index (χ2v) is 6.38. The molecule has 7 heteroatoms. The number of nitrogens with one attached hydrogen (secondary N) is 1. The average Bonchev–Trinajstić information content (AvgIpc) is 2.53. The van der Waals surface area contributed by atoms with E-state index in [1.165, 1.54) is 12.1 Å². The molecular formula is C17H23F3N2O2. The van der Waals surface area contributed by atoms with Crippen molar-refractivity contribution in [1.82, 2.24) is 5.32 Å². The van der Waals surface area contributed by atoms with Crippen molar-refractivity contribution in [3.8, 4) is 5.75 Å². The van der Waals surface area contributed by atoms with Crippen LogP contribution in [0.4, 0.5) is 13.2 Å². The summed E-state index contributed by atoms with van der Waals surface area (Å²) in [5.41, 5.74) is 6.16. The monoisotopic (exact) mass is 344 g/mol. The average molecular weight is 344 g/mol. The number of ether oxygens (including phenoxy) is 1. The first kappa shape index (κ1) is 18.6. The van der Waals surface area contributed by atoms with Crippen LogP contribution in [0.2, 0.25) is 0 Å². The topological polar surface area (TPSA) is 64.4 Å². The van der Waals surface area contributed by atoms with Gasteiger partial charge in [0.2, 0.25) is 5.91 Å². The van der Waals surface area contributed by atoms with Gasteiger partial charge < -0.3 is 15.8 Å². The van der Waals surface area contributed by atoms with E-state index in [4.69, 9.17) is 5.73 Å². The fraction of sp³-hybridized carbons (Fsp3) is 0.588. The Bertz CT molecular complexity index is 552. The summed E-state index contributed by atoms with van der Waals surface area (Å²) >= 11 is 0. The molecule has 1 saturated carbocycles. The number of benzene rings is 1. The molecule has 0 spiro atoms. The van der Waals surface area contributed by atoms with Crippen LogP contribution in [-0.4, -0.2) is 24.2 Å². The van der Waals surface area contributed by atoms with Crippen molar-refractivity contribution in [1.29, 1.82) is 0 Å². The molecular weight excluding hydrogens is 321 g/mol. The number of rotatable bonds is 5. The van der Waals surface area contributed by atoms with Crippen LogP contribution < -0.4 is 15.8 Å². The number of alkyl halides is 3. The van der Waals surface area contributed by atoms with Crippen LogP contribution in [0.1, 0.15) is 50.6 Å². The smallest absolute Gasteiger partial charge is 0.422 e. The number of amides is 1. The number of hydrogen-bond donors (Lipinski definition) is 2. The summed E-state index contributed by atoms with van der Waals surface area (Å²) in [6, 6.07) is 5.92. The zero-order valence-corrected chi connectivity index (χ0v) is 13.7. The molecule has 0 radical (unpaired) electrons. The standard InChI is InChI=1S/C17H23F3N2O2/c1-12(22-15(23)16(21)9-3-2-4-10-16)13-5-7-14(8-6-13)24-11-17(18,19)20/h5-8,12H,2-4,9-11,21H2,1H3,(H,22,23). The van der Waals surface area contributed by atoms with E-state index in [0.29, 0.717) is 12.8 Å². The minimum Gasteiger partial charge on any atom is -0.484 e. The Hall–Kier alpha value is -1.76. The van der Waals surface area contributed by atoms with Gasteiger partial charge in [0.25, 0.3) is 0 Å². The van der Waals surface area contributed by atoms with Gasteiger partial charge in [0.05, 0.1) is 11.6 Å². The number of carbonyl (C=O) groups is 1. The molecule has 3 N–H and O–H groups in total. The highest BCUT2D eigenvalue weighted by molar-refractivity contribution is 5.86. The van der Waals surface area contributed by atoms with Crippen LogP contribution in [0, 0.1) is 0 Å². The molecule has 24 heavy (non-hydrogen) atoms. The summed E-state index contributed by atoms with van der Waals surface area (Å²) in [6.45, 7) is 0.490. The van der Waals surface area contributed by atoms with E-state index in [9.17, 15) is 18.0 Å². The molecule has 1 aromatic rings. The normalized spacial score (nSPS) is 18.7. The van der Waals surface area contributed by atoms with Crippen LogP contribution in [-0.2, 0) is 4.79 Å². The molecule has 0 heterocycles. The van der Waals surface area contributed by atoms with Gasteiger partial charge in [-0.2, -0.15) is 13.2 Å². The summed E-state index contributed by atoms with van der Waals surface area (Å²) in [7, 11) is 0. The lowest BCUT2D eigenvalue weighted by Crippen LogP contribution is -2.55. The molecule has 0 bridgehead atoms. The molecule has 1 unspecified atom stereocenters. The minimum atomic E-state index is -4.37. The summed E-state index contributed by atoms with van der Waals surface area (Å²) in [5.74, 6) is -0.0377. The minimum absolute atomic E-state index is 0.136. The van der Waals surface area contributed by atoms with Crippen LogP contribution in [0.25, 0.3) is 0 Å². The van der Waals surface area contributed by atoms with Gasteiger partial charge in [0.15, 0.2) is 6.61 Å². The van der Waals surface area contributed by atoms with Gasteiger partial charge in [-0.15, -0.1) is 0 Å². The van der Waals surface area contributed by atoms with Crippen LogP contribution in [0.3, 0.4) is 0 Å². The van der Waals surface area contributed by atoms with E-state index in [2.05, 4.69) is 10.1 Å². The second-order valence-electron chi connectivity index (χ2n) is 6.38. The number of nitrogens with two attached hydrogens (primary N) is 1. The van der Waals surface area contributed by atoms with Gasteiger partial charge in [-0.05, 0) is 37.5 Å². The lowest BCUT2D eigenvalue weighted by molar-refractivity contribution is -0.153. The highest BCUT2D eigenvalue weighted by atomic mass is 19.4. The number of hydrogen-bond acceptors (Lipinski definition) is 3. The number of carbonyl (C=O) groups excluding carboxylic acids is 1. The maximum Gasteiger partial charge on any atom is 0.422 e. The Balaban J connectivity index is 1.92. The zero-order valence-electron chi connectivity index (χ0n) is 13.7. The van der Waals surface area contributed by atoms with Crippen molar-refractivity contribution in [3.63, 3.8) is 0 Å². The third-order valence-electron chi connectivity index (χ3n) is 4.33. The molecule has 1 atom stereocenters. The van der Waals surface area contributed by atoms with Gasteiger partial charge >= 0.3 is 6.18 Å². The Kier molecular flexibility index (Phi) is 5.74. The zero-order chi connectivity index (χ0) is 17.8. The molecule has 0 aromatic heterocycles.